The highest BCUT2D eigenvalue weighted by molar-refractivity contribution is 5.76. The van der Waals surface area contributed by atoms with E-state index in [-0.39, 0.29) is 11.4 Å². The second kappa shape index (κ2) is 7.12. The molecule has 1 amide bonds. The lowest BCUT2D eigenvalue weighted by molar-refractivity contribution is -0.122. The SMILES string of the molecule is CC(C)(C)NCc1ccn(CC(=O)NC2CCCCC2)c1. The third-order valence-corrected chi connectivity index (χ3v) is 3.93. The van der Waals surface area contributed by atoms with Gasteiger partial charge in [0.05, 0.1) is 0 Å². The smallest absolute Gasteiger partial charge is 0.240 e. The van der Waals surface area contributed by atoms with Crippen LogP contribution in [0.5, 0.6) is 0 Å². The monoisotopic (exact) mass is 291 g/mol. The van der Waals surface area contributed by atoms with E-state index < -0.39 is 0 Å². The van der Waals surface area contributed by atoms with Gasteiger partial charge in [0.1, 0.15) is 6.54 Å². The van der Waals surface area contributed by atoms with Crippen LogP contribution in [0, 0.1) is 0 Å². The number of hydrogen-bond donors (Lipinski definition) is 2. The van der Waals surface area contributed by atoms with Gasteiger partial charge in [0.25, 0.3) is 0 Å². The van der Waals surface area contributed by atoms with Crippen LogP contribution in [0.1, 0.15) is 58.4 Å². The van der Waals surface area contributed by atoms with Crippen LogP contribution in [-0.2, 0) is 17.9 Å². The zero-order chi connectivity index (χ0) is 15.3. The van der Waals surface area contributed by atoms with Gasteiger partial charge in [-0.3, -0.25) is 4.79 Å². The van der Waals surface area contributed by atoms with E-state index >= 15 is 0 Å². The maximum Gasteiger partial charge on any atom is 0.240 e. The standard InChI is InChI=1S/C17H29N3O/c1-17(2,3)18-11-14-9-10-20(12-14)13-16(21)19-15-7-5-4-6-8-15/h9-10,12,15,18H,4-8,11,13H2,1-3H3,(H,19,21). The van der Waals surface area contributed by atoms with Gasteiger partial charge in [-0.05, 0) is 45.2 Å². The summed E-state index contributed by atoms with van der Waals surface area (Å²) in [7, 11) is 0. The van der Waals surface area contributed by atoms with Crippen LogP contribution in [0.2, 0.25) is 0 Å². The van der Waals surface area contributed by atoms with E-state index in [1.54, 1.807) is 0 Å². The molecule has 118 valence electrons. The molecule has 1 heterocycles. The molecule has 0 aromatic carbocycles. The fourth-order valence-electron chi connectivity index (χ4n) is 2.75. The van der Waals surface area contributed by atoms with Crippen molar-refractivity contribution in [3.05, 3.63) is 24.0 Å². The highest BCUT2D eigenvalue weighted by Gasteiger charge is 2.15. The molecule has 1 saturated carbocycles. The number of carbonyl (C=O) groups is 1. The molecule has 0 saturated heterocycles. The van der Waals surface area contributed by atoms with Crippen LogP contribution in [0.3, 0.4) is 0 Å². The number of rotatable bonds is 5. The van der Waals surface area contributed by atoms with Crippen molar-refractivity contribution >= 4 is 5.91 Å². The first kappa shape index (κ1) is 16.1. The predicted octanol–water partition coefficient (Wildman–Crippen LogP) is 2.83. The van der Waals surface area contributed by atoms with Gasteiger partial charge in [0, 0.05) is 30.5 Å². The Hall–Kier alpha value is -1.29. The average Bonchev–Trinajstić information content (AvgIpc) is 2.84. The van der Waals surface area contributed by atoms with E-state index in [4.69, 9.17) is 0 Å². The molecule has 0 bridgehead atoms. The summed E-state index contributed by atoms with van der Waals surface area (Å²) in [5.74, 6) is 0.132. The van der Waals surface area contributed by atoms with Gasteiger partial charge in [-0.2, -0.15) is 0 Å². The largest absolute Gasteiger partial charge is 0.352 e. The first-order valence-electron chi connectivity index (χ1n) is 8.11. The van der Waals surface area contributed by atoms with Crippen molar-refractivity contribution in [1.82, 2.24) is 15.2 Å². The van der Waals surface area contributed by atoms with Gasteiger partial charge >= 0.3 is 0 Å². The molecule has 1 aromatic rings. The Morgan fingerprint density at radius 1 is 1.29 bits per heavy atom. The molecule has 1 fully saturated rings. The Balaban J connectivity index is 1.77. The van der Waals surface area contributed by atoms with Gasteiger partial charge < -0.3 is 15.2 Å². The second-order valence-corrected chi connectivity index (χ2v) is 7.20. The lowest BCUT2D eigenvalue weighted by atomic mass is 9.95. The predicted molar refractivity (Wildman–Crippen MR) is 86.0 cm³/mol. The number of nitrogens with one attached hydrogen (secondary N) is 2. The first-order valence-corrected chi connectivity index (χ1v) is 8.11. The number of carbonyl (C=O) groups excluding carboxylic acids is 1. The van der Waals surface area contributed by atoms with Crippen molar-refractivity contribution in [2.75, 3.05) is 0 Å². The third kappa shape index (κ3) is 5.92. The van der Waals surface area contributed by atoms with Gasteiger partial charge in [-0.15, -0.1) is 0 Å². The van der Waals surface area contributed by atoms with Gasteiger partial charge in [-0.25, -0.2) is 0 Å². The summed E-state index contributed by atoms with van der Waals surface area (Å²) in [6.07, 6.45) is 10.1. The summed E-state index contributed by atoms with van der Waals surface area (Å²) in [5.41, 5.74) is 1.33. The lowest BCUT2D eigenvalue weighted by Gasteiger charge is -2.22. The quantitative estimate of drug-likeness (QED) is 0.876. The number of amides is 1. The minimum absolute atomic E-state index is 0.112. The zero-order valence-corrected chi connectivity index (χ0v) is 13.6. The van der Waals surface area contributed by atoms with Crippen molar-refractivity contribution < 1.29 is 4.79 Å². The normalized spacial score (nSPS) is 16.9. The fraction of sp³-hybridized carbons (Fsp3) is 0.706. The van der Waals surface area contributed by atoms with Crippen LogP contribution in [-0.4, -0.2) is 22.1 Å². The molecule has 21 heavy (non-hydrogen) atoms. The second-order valence-electron chi connectivity index (χ2n) is 7.20. The molecule has 0 aliphatic heterocycles. The van der Waals surface area contributed by atoms with Crippen LogP contribution in [0.15, 0.2) is 18.5 Å². The van der Waals surface area contributed by atoms with Crippen LogP contribution >= 0.6 is 0 Å². The summed E-state index contributed by atoms with van der Waals surface area (Å²) in [6.45, 7) is 7.72. The molecule has 1 aromatic heterocycles. The summed E-state index contributed by atoms with van der Waals surface area (Å²) in [5, 5.41) is 6.61. The van der Waals surface area contributed by atoms with Crippen molar-refractivity contribution in [3.63, 3.8) is 0 Å². The van der Waals surface area contributed by atoms with Gasteiger partial charge in [-0.1, -0.05) is 19.3 Å². The Morgan fingerprint density at radius 3 is 2.67 bits per heavy atom. The van der Waals surface area contributed by atoms with Crippen molar-refractivity contribution in [3.8, 4) is 0 Å². The Morgan fingerprint density at radius 2 is 2.00 bits per heavy atom. The first-order chi connectivity index (χ1) is 9.92. The number of aromatic nitrogens is 1. The minimum Gasteiger partial charge on any atom is -0.352 e. The summed E-state index contributed by atoms with van der Waals surface area (Å²) >= 11 is 0. The van der Waals surface area contributed by atoms with Crippen molar-refractivity contribution in [2.24, 2.45) is 0 Å². The van der Waals surface area contributed by atoms with E-state index in [0.29, 0.717) is 12.6 Å². The average molecular weight is 291 g/mol. The van der Waals surface area contributed by atoms with Crippen LogP contribution in [0.25, 0.3) is 0 Å². The number of nitrogens with zero attached hydrogens (tertiary/aromatic N) is 1. The third-order valence-electron chi connectivity index (χ3n) is 3.93. The van der Waals surface area contributed by atoms with E-state index in [9.17, 15) is 4.79 Å². The summed E-state index contributed by atoms with van der Waals surface area (Å²) in [6, 6.07) is 2.47. The van der Waals surface area contributed by atoms with E-state index in [1.165, 1.54) is 24.8 Å². The maximum atomic E-state index is 12.1. The van der Waals surface area contributed by atoms with Crippen LogP contribution in [0.4, 0.5) is 0 Å². The molecular weight excluding hydrogens is 262 g/mol. The number of hydrogen-bond acceptors (Lipinski definition) is 2. The molecule has 0 unspecified atom stereocenters. The Labute approximate surface area is 128 Å². The van der Waals surface area contributed by atoms with E-state index in [2.05, 4.69) is 43.7 Å². The summed E-state index contributed by atoms with van der Waals surface area (Å²) < 4.78 is 1.97. The van der Waals surface area contributed by atoms with Gasteiger partial charge in [0.2, 0.25) is 5.91 Å². The molecule has 4 heteroatoms. The van der Waals surface area contributed by atoms with Crippen molar-refractivity contribution in [2.45, 2.75) is 77.5 Å². The molecule has 0 atom stereocenters. The highest BCUT2D eigenvalue weighted by atomic mass is 16.2. The molecular formula is C17H29N3O. The van der Waals surface area contributed by atoms with Crippen molar-refractivity contribution in [1.29, 1.82) is 0 Å². The van der Waals surface area contributed by atoms with Gasteiger partial charge in [0.15, 0.2) is 0 Å². The minimum atomic E-state index is 0.112. The molecule has 1 aliphatic carbocycles. The topological polar surface area (TPSA) is 46.1 Å². The maximum absolute atomic E-state index is 12.1. The molecule has 0 spiro atoms. The molecule has 1 aliphatic rings. The Bertz CT molecular complexity index is 453. The molecule has 2 N–H and O–H groups in total. The lowest BCUT2D eigenvalue weighted by Crippen LogP contribution is -2.38. The fourth-order valence-corrected chi connectivity index (χ4v) is 2.75. The van der Waals surface area contributed by atoms with E-state index in [1.807, 2.05) is 10.8 Å². The highest BCUT2D eigenvalue weighted by Crippen LogP contribution is 2.17. The zero-order valence-electron chi connectivity index (χ0n) is 13.6. The molecule has 2 rings (SSSR count). The molecule has 4 nitrogen and oxygen atoms in total. The van der Waals surface area contributed by atoms with E-state index in [0.717, 1.165) is 19.4 Å². The summed E-state index contributed by atoms with van der Waals surface area (Å²) in [4.78, 5) is 12.1. The Kier molecular flexibility index (Phi) is 5.45. The molecule has 0 radical (unpaired) electrons. The van der Waals surface area contributed by atoms with Crippen LogP contribution < -0.4 is 10.6 Å².